The molecule has 5 nitrogen and oxygen atoms in total. The molecule has 16 heavy (non-hydrogen) atoms. The van der Waals surface area contributed by atoms with Gasteiger partial charge in [0.15, 0.2) is 11.0 Å². The van der Waals surface area contributed by atoms with Crippen LogP contribution in [0.25, 0.3) is 0 Å². The van der Waals surface area contributed by atoms with Crippen LogP contribution < -0.4 is 5.32 Å². The fourth-order valence-electron chi connectivity index (χ4n) is 1.25. The van der Waals surface area contributed by atoms with Gasteiger partial charge in [0, 0.05) is 23.5 Å². The van der Waals surface area contributed by atoms with Crippen molar-refractivity contribution < 1.29 is 0 Å². The smallest absolute Gasteiger partial charge is 0.189 e. The molecule has 6 heteroatoms. The second-order valence-corrected chi connectivity index (χ2v) is 4.22. The highest BCUT2D eigenvalue weighted by atomic mass is 32.2. The van der Waals surface area contributed by atoms with Crippen molar-refractivity contribution in [2.45, 2.75) is 19.0 Å². The third kappa shape index (κ3) is 2.33. The number of H-pyrrole nitrogens is 1. The second kappa shape index (κ2) is 4.52. The molecule has 0 bridgehead atoms. The summed E-state index contributed by atoms with van der Waals surface area (Å²) in [5.41, 5.74) is 2.01. The van der Waals surface area contributed by atoms with Crippen molar-refractivity contribution in [2.75, 3.05) is 11.6 Å². The zero-order valence-electron chi connectivity index (χ0n) is 9.40. The number of aromatic amines is 1. The van der Waals surface area contributed by atoms with Crippen LogP contribution in [0.2, 0.25) is 0 Å². The molecule has 2 aromatic rings. The van der Waals surface area contributed by atoms with Gasteiger partial charge in [0.2, 0.25) is 0 Å². The summed E-state index contributed by atoms with van der Waals surface area (Å²) in [5.74, 6) is 1.57. The van der Waals surface area contributed by atoms with E-state index in [4.69, 9.17) is 0 Å². The number of thioether (sulfide) groups is 1. The molecule has 0 unspecified atom stereocenters. The molecular formula is C10H13N5S. The van der Waals surface area contributed by atoms with Crippen molar-refractivity contribution in [3.8, 4) is 0 Å². The molecule has 0 saturated carbocycles. The molecule has 2 aromatic heterocycles. The number of aromatic nitrogens is 4. The fraction of sp³-hybridized carbons (Fsp3) is 0.300. The first-order valence-corrected chi connectivity index (χ1v) is 6.08. The Balaban J connectivity index is 2.26. The van der Waals surface area contributed by atoms with Gasteiger partial charge in [-0.1, -0.05) is 11.8 Å². The first kappa shape index (κ1) is 10.9. The zero-order chi connectivity index (χ0) is 11.5. The standard InChI is InChI=1S/C10H13N5S/c1-6-5-11-10(16-3)13-9(6)12-8-4-7(2)14-15-8/h4-5H,1-3H3,(H2,11,12,13,14,15). The Hall–Kier alpha value is -1.56. The molecular weight excluding hydrogens is 222 g/mol. The third-order valence-electron chi connectivity index (χ3n) is 2.08. The quantitative estimate of drug-likeness (QED) is 0.631. The molecule has 0 aliphatic carbocycles. The Morgan fingerprint density at radius 1 is 1.38 bits per heavy atom. The first-order valence-electron chi connectivity index (χ1n) is 4.85. The number of nitrogens with one attached hydrogen (secondary N) is 2. The van der Waals surface area contributed by atoms with E-state index < -0.39 is 0 Å². The molecule has 0 aliphatic rings. The lowest BCUT2D eigenvalue weighted by Gasteiger charge is -2.06. The molecule has 0 aromatic carbocycles. The van der Waals surface area contributed by atoms with Crippen LogP contribution in [-0.4, -0.2) is 26.4 Å². The average Bonchev–Trinajstić information content (AvgIpc) is 2.67. The maximum Gasteiger partial charge on any atom is 0.189 e. The van der Waals surface area contributed by atoms with E-state index in [2.05, 4.69) is 25.5 Å². The van der Waals surface area contributed by atoms with Crippen LogP contribution in [0.15, 0.2) is 17.4 Å². The molecule has 0 fully saturated rings. The molecule has 2 N–H and O–H groups in total. The molecule has 0 atom stereocenters. The van der Waals surface area contributed by atoms with Crippen molar-refractivity contribution in [3.63, 3.8) is 0 Å². The summed E-state index contributed by atoms with van der Waals surface area (Å²) in [5, 5.41) is 10.9. The summed E-state index contributed by atoms with van der Waals surface area (Å²) in [6.07, 6.45) is 3.76. The summed E-state index contributed by atoms with van der Waals surface area (Å²) in [6, 6.07) is 1.93. The highest BCUT2D eigenvalue weighted by molar-refractivity contribution is 7.98. The van der Waals surface area contributed by atoms with Crippen LogP contribution in [0.1, 0.15) is 11.3 Å². The number of hydrogen-bond acceptors (Lipinski definition) is 5. The Bertz CT molecular complexity index is 494. The van der Waals surface area contributed by atoms with E-state index in [0.29, 0.717) is 0 Å². The van der Waals surface area contributed by atoms with Gasteiger partial charge < -0.3 is 5.32 Å². The molecule has 0 radical (unpaired) electrons. The number of nitrogens with zero attached hydrogens (tertiary/aromatic N) is 3. The van der Waals surface area contributed by atoms with E-state index >= 15 is 0 Å². The minimum atomic E-state index is 0.750. The van der Waals surface area contributed by atoms with Gasteiger partial charge in [-0.05, 0) is 20.1 Å². The lowest BCUT2D eigenvalue weighted by atomic mass is 10.3. The van der Waals surface area contributed by atoms with Gasteiger partial charge in [0.1, 0.15) is 5.82 Å². The van der Waals surface area contributed by atoms with Gasteiger partial charge in [-0.2, -0.15) is 5.10 Å². The largest absolute Gasteiger partial charge is 0.323 e. The van der Waals surface area contributed by atoms with Crippen LogP contribution in [0.4, 0.5) is 11.6 Å². The number of anilines is 2. The van der Waals surface area contributed by atoms with E-state index in [-0.39, 0.29) is 0 Å². The molecule has 0 spiro atoms. The average molecular weight is 235 g/mol. The molecule has 0 aliphatic heterocycles. The third-order valence-corrected chi connectivity index (χ3v) is 2.65. The van der Waals surface area contributed by atoms with Crippen molar-refractivity contribution in [3.05, 3.63) is 23.5 Å². The van der Waals surface area contributed by atoms with E-state index in [0.717, 1.165) is 28.0 Å². The summed E-state index contributed by atoms with van der Waals surface area (Å²) < 4.78 is 0. The summed E-state index contributed by atoms with van der Waals surface area (Å²) in [4.78, 5) is 8.57. The van der Waals surface area contributed by atoms with Gasteiger partial charge >= 0.3 is 0 Å². The van der Waals surface area contributed by atoms with Crippen molar-refractivity contribution >= 4 is 23.4 Å². The van der Waals surface area contributed by atoms with Crippen LogP contribution in [-0.2, 0) is 0 Å². The molecule has 0 saturated heterocycles. The predicted molar refractivity (Wildman–Crippen MR) is 65.2 cm³/mol. The van der Waals surface area contributed by atoms with Gasteiger partial charge in [-0.15, -0.1) is 0 Å². The summed E-state index contributed by atoms with van der Waals surface area (Å²) in [7, 11) is 0. The van der Waals surface area contributed by atoms with Gasteiger partial charge in [-0.25, -0.2) is 9.97 Å². The normalized spacial score (nSPS) is 10.4. The fourth-order valence-corrected chi connectivity index (χ4v) is 1.59. The number of hydrogen-bond donors (Lipinski definition) is 2. The highest BCUT2D eigenvalue weighted by Gasteiger charge is 2.05. The van der Waals surface area contributed by atoms with Gasteiger partial charge in [-0.3, -0.25) is 5.10 Å². The zero-order valence-corrected chi connectivity index (χ0v) is 10.2. The SMILES string of the molecule is CSc1ncc(C)c(Nc2cc(C)[nH]n2)n1. The summed E-state index contributed by atoms with van der Waals surface area (Å²) >= 11 is 1.52. The Morgan fingerprint density at radius 3 is 2.81 bits per heavy atom. The second-order valence-electron chi connectivity index (χ2n) is 3.45. The van der Waals surface area contributed by atoms with Gasteiger partial charge in [0.25, 0.3) is 0 Å². The van der Waals surface area contributed by atoms with Crippen LogP contribution >= 0.6 is 11.8 Å². The van der Waals surface area contributed by atoms with Crippen molar-refractivity contribution in [1.82, 2.24) is 20.2 Å². The maximum absolute atomic E-state index is 4.38. The molecule has 2 rings (SSSR count). The molecule has 84 valence electrons. The highest BCUT2D eigenvalue weighted by Crippen LogP contribution is 2.19. The molecule has 2 heterocycles. The van der Waals surface area contributed by atoms with E-state index in [1.807, 2.05) is 26.2 Å². The van der Waals surface area contributed by atoms with Crippen LogP contribution in [0.3, 0.4) is 0 Å². The van der Waals surface area contributed by atoms with Crippen LogP contribution in [0.5, 0.6) is 0 Å². The van der Waals surface area contributed by atoms with Gasteiger partial charge in [0.05, 0.1) is 0 Å². The molecule has 0 amide bonds. The van der Waals surface area contributed by atoms with E-state index in [9.17, 15) is 0 Å². The number of rotatable bonds is 3. The van der Waals surface area contributed by atoms with E-state index in [1.54, 1.807) is 6.20 Å². The van der Waals surface area contributed by atoms with E-state index in [1.165, 1.54) is 11.8 Å². The summed E-state index contributed by atoms with van der Waals surface area (Å²) in [6.45, 7) is 3.92. The minimum Gasteiger partial charge on any atom is -0.323 e. The first-order chi connectivity index (χ1) is 7.69. The van der Waals surface area contributed by atoms with Crippen molar-refractivity contribution in [1.29, 1.82) is 0 Å². The minimum absolute atomic E-state index is 0.750. The Kier molecular flexibility index (Phi) is 3.09. The predicted octanol–water partition coefficient (Wildman–Crippen LogP) is 2.28. The van der Waals surface area contributed by atoms with Crippen molar-refractivity contribution in [2.24, 2.45) is 0 Å². The lowest BCUT2D eigenvalue weighted by molar-refractivity contribution is 0.955. The monoisotopic (exact) mass is 235 g/mol. The number of aryl methyl sites for hydroxylation is 2. The topological polar surface area (TPSA) is 66.5 Å². The van der Waals surface area contributed by atoms with Crippen LogP contribution in [0, 0.1) is 13.8 Å². The maximum atomic E-state index is 4.38. The Morgan fingerprint density at radius 2 is 2.19 bits per heavy atom. The Labute approximate surface area is 98.1 Å². The lowest BCUT2D eigenvalue weighted by Crippen LogP contribution is -1.99.